The van der Waals surface area contributed by atoms with Crippen LogP contribution in [0.2, 0.25) is 0 Å². The van der Waals surface area contributed by atoms with E-state index in [-0.39, 0.29) is 47.9 Å². The zero-order chi connectivity index (χ0) is 8.15. The molecule has 0 aliphatic rings. The average Bonchev–Trinajstić information content (AvgIpc) is 1.82. The number of rotatable bonds is 4. The van der Waals surface area contributed by atoms with Gasteiger partial charge in [-0.15, -0.1) is 0 Å². The molecular weight excluding hydrogens is 182 g/mol. The number of carboxylic acid groups (broad SMARTS) is 2. The van der Waals surface area contributed by atoms with Crippen molar-refractivity contribution in [2.45, 2.75) is 18.9 Å². The average molecular weight is 193 g/mol. The Morgan fingerprint density at radius 2 is 1.75 bits per heavy atom. The Labute approximate surface area is 91.3 Å². The van der Waals surface area contributed by atoms with Crippen LogP contribution in [0.1, 0.15) is 12.8 Å². The molecule has 0 heterocycles. The number of carboxylic acids is 2. The van der Waals surface area contributed by atoms with Gasteiger partial charge in [0.25, 0.3) is 0 Å². The molecule has 6 N–H and O–H groups in total. The summed E-state index contributed by atoms with van der Waals surface area (Å²) in [6.45, 7) is 0. The van der Waals surface area contributed by atoms with E-state index in [1.807, 2.05) is 0 Å². The third-order valence-corrected chi connectivity index (χ3v) is 0.986. The van der Waals surface area contributed by atoms with E-state index in [9.17, 15) is 9.59 Å². The maximum absolute atomic E-state index is 9.99. The summed E-state index contributed by atoms with van der Waals surface area (Å²) < 4.78 is 0. The molecule has 0 aliphatic carbocycles. The molecule has 0 aromatic carbocycles. The normalized spacial score (nSPS) is 10.4. The molecule has 0 spiro atoms. The van der Waals surface area contributed by atoms with Crippen LogP contribution in [0, 0.1) is 0 Å². The van der Waals surface area contributed by atoms with E-state index in [2.05, 4.69) is 0 Å². The van der Waals surface area contributed by atoms with E-state index < -0.39 is 18.0 Å². The van der Waals surface area contributed by atoms with Gasteiger partial charge in [-0.3, -0.25) is 9.59 Å². The molecule has 0 saturated heterocycles. The molecule has 0 saturated carbocycles. The third-order valence-electron chi connectivity index (χ3n) is 0.986. The van der Waals surface area contributed by atoms with Gasteiger partial charge in [-0.2, -0.15) is 0 Å². The summed E-state index contributed by atoms with van der Waals surface area (Å²) in [6, 6.07) is -1.06. The van der Waals surface area contributed by atoms with Crippen molar-refractivity contribution in [2.75, 3.05) is 0 Å². The van der Waals surface area contributed by atoms with Crippen molar-refractivity contribution in [1.82, 2.24) is 0 Å². The van der Waals surface area contributed by atoms with E-state index in [0.717, 1.165) is 0 Å². The second-order valence-corrected chi connectivity index (χ2v) is 1.88. The number of carbonyl (C=O) groups is 2. The monoisotopic (exact) mass is 193 g/mol. The smallest absolute Gasteiger partial charge is 0.320 e. The van der Waals surface area contributed by atoms with Crippen LogP contribution in [0.25, 0.3) is 0 Å². The van der Waals surface area contributed by atoms with Crippen molar-refractivity contribution in [3.05, 3.63) is 0 Å². The second-order valence-electron chi connectivity index (χ2n) is 1.88. The minimum absolute atomic E-state index is 0. The SMILES string of the molecule is N[13C@@H]([13CH2][13CH2][13C](=O)O)[13C](=O)O.O.[Na]. The van der Waals surface area contributed by atoms with Crippen molar-refractivity contribution in [2.24, 2.45) is 5.73 Å². The summed E-state index contributed by atoms with van der Waals surface area (Å²) in [4.78, 5) is 19.9. The summed E-state index contributed by atoms with van der Waals surface area (Å²) in [5.74, 6) is -2.20. The first-order chi connectivity index (χ1) is 4.54. The maximum atomic E-state index is 9.99. The Kier molecular flexibility index (Phi) is 13.3. The maximum Gasteiger partial charge on any atom is 0.320 e. The Balaban J connectivity index is -0.000000405. The van der Waals surface area contributed by atoms with Crippen LogP contribution in [0.15, 0.2) is 0 Å². The molecule has 0 fully saturated rings. The molecule has 1 radical (unpaired) electrons. The van der Waals surface area contributed by atoms with Gasteiger partial charge in [-0.1, -0.05) is 0 Å². The van der Waals surface area contributed by atoms with Gasteiger partial charge in [0.15, 0.2) is 0 Å². The molecule has 67 valence electrons. The van der Waals surface area contributed by atoms with Gasteiger partial charge < -0.3 is 21.4 Å². The number of hydrogen-bond donors (Lipinski definition) is 3. The fraction of sp³-hybridized carbons (Fsp3) is 0.600. The number of nitrogens with two attached hydrogens (primary N) is 1. The molecule has 12 heavy (non-hydrogen) atoms. The summed E-state index contributed by atoms with van der Waals surface area (Å²) in [7, 11) is 0. The molecule has 0 aromatic heterocycles. The van der Waals surface area contributed by atoms with E-state index in [1.165, 1.54) is 0 Å². The fourth-order valence-electron chi connectivity index (χ4n) is 0.402. The van der Waals surface area contributed by atoms with Crippen LogP contribution in [0.5, 0.6) is 0 Å². The third kappa shape index (κ3) is 9.86. The molecular formula is C5H11NNaO5. The number of hydrogen-bond acceptors (Lipinski definition) is 3. The predicted molar refractivity (Wildman–Crippen MR) is 41.8 cm³/mol. The molecule has 0 bridgehead atoms. The molecule has 0 rings (SSSR count). The van der Waals surface area contributed by atoms with E-state index in [0.29, 0.717) is 0 Å². The molecule has 6 nitrogen and oxygen atoms in total. The van der Waals surface area contributed by atoms with Crippen LogP contribution < -0.4 is 5.73 Å². The van der Waals surface area contributed by atoms with Crippen LogP contribution in [-0.2, 0) is 9.59 Å². The Hall–Kier alpha value is -0.140. The van der Waals surface area contributed by atoms with Crippen molar-refractivity contribution < 1.29 is 25.3 Å². The fourth-order valence-corrected chi connectivity index (χ4v) is 0.402. The molecule has 0 amide bonds. The van der Waals surface area contributed by atoms with E-state index >= 15 is 0 Å². The first kappa shape index (κ1) is 17.8. The Morgan fingerprint density at radius 1 is 1.33 bits per heavy atom. The van der Waals surface area contributed by atoms with Gasteiger partial charge in [-0.25, -0.2) is 0 Å². The van der Waals surface area contributed by atoms with Gasteiger partial charge in [0.2, 0.25) is 0 Å². The standard InChI is InChI=1S/C5H9NO4.Na.H2O/c6-3(5(9)10)1-2-4(7)8;;/h3H,1-2,6H2,(H,7,8)(H,9,10);;1H2/t3-;;/m0../s1/i1+1,2+1,3+1,4+1,5+1;;. The van der Waals surface area contributed by atoms with Gasteiger partial charge in [0.1, 0.15) is 6.04 Å². The predicted octanol–water partition coefficient (Wildman–Crippen LogP) is -1.94. The van der Waals surface area contributed by atoms with Gasteiger partial charge >= 0.3 is 11.9 Å². The molecule has 0 aromatic rings. The Bertz CT molecular complexity index is 151. The Morgan fingerprint density at radius 3 is 2.00 bits per heavy atom. The summed E-state index contributed by atoms with van der Waals surface area (Å²) in [5.41, 5.74) is 5.00. The topological polar surface area (TPSA) is 132 Å². The first-order valence-corrected chi connectivity index (χ1v) is 2.74. The summed E-state index contributed by atoms with van der Waals surface area (Å²) in [5, 5.41) is 16.3. The van der Waals surface area contributed by atoms with Crippen molar-refractivity contribution in [1.29, 1.82) is 0 Å². The molecule has 7 heteroatoms. The zero-order valence-corrected chi connectivity index (χ0v) is 8.78. The van der Waals surface area contributed by atoms with Crippen molar-refractivity contribution in [3.8, 4) is 0 Å². The number of aliphatic carboxylic acids is 2. The van der Waals surface area contributed by atoms with Gasteiger partial charge in [0, 0.05) is 36.0 Å². The zero-order valence-electron chi connectivity index (χ0n) is 6.78. The second kappa shape index (κ2) is 8.95. The van der Waals surface area contributed by atoms with Crippen LogP contribution >= 0.6 is 0 Å². The van der Waals surface area contributed by atoms with E-state index in [4.69, 9.17) is 15.9 Å². The quantitative estimate of drug-likeness (QED) is 0.352. The molecule has 1 atom stereocenters. The first-order valence-electron chi connectivity index (χ1n) is 2.74. The summed E-state index contributed by atoms with van der Waals surface area (Å²) >= 11 is 0. The van der Waals surface area contributed by atoms with Crippen molar-refractivity contribution in [3.63, 3.8) is 0 Å². The van der Waals surface area contributed by atoms with Crippen LogP contribution in [0.3, 0.4) is 0 Å². The summed E-state index contributed by atoms with van der Waals surface area (Å²) in [6.07, 6.45) is -0.224. The van der Waals surface area contributed by atoms with Crippen LogP contribution in [-0.4, -0.2) is 63.2 Å². The van der Waals surface area contributed by atoms with Crippen molar-refractivity contribution >= 4 is 41.5 Å². The minimum atomic E-state index is -1.17. The largest absolute Gasteiger partial charge is 0.481 e. The van der Waals surface area contributed by atoms with Crippen LogP contribution in [0.4, 0.5) is 0 Å². The molecule has 0 aliphatic heterocycles. The van der Waals surface area contributed by atoms with Gasteiger partial charge in [0.05, 0.1) is 0 Å². The van der Waals surface area contributed by atoms with Gasteiger partial charge in [-0.05, 0) is 6.42 Å². The molecule has 0 unspecified atom stereocenters. The minimum Gasteiger partial charge on any atom is -0.481 e. The van der Waals surface area contributed by atoms with E-state index in [1.54, 1.807) is 0 Å².